The number of ether oxygens (including phenoxy) is 10. The highest BCUT2D eigenvalue weighted by atomic mass is 31.2. The van der Waals surface area contributed by atoms with Crippen LogP contribution in [0.2, 0.25) is 0 Å². The van der Waals surface area contributed by atoms with E-state index in [1.54, 1.807) is 27.7 Å². The Bertz CT molecular complexity index is 3620. The first-order valence-corrected chi connectivity index (χ1v) is 48.5. The summed E-state index contributed by atoms with van der Waals surface area (Å²) in [5.41, 5.74) is -1.40. The fraction of sp³-hybridized carbons (Fsp3) is 0.849. The van der Waals surface area contributed by atoms with Gasteiger partial charge in [0.25, 0.3) is 7.82 Å². The van der Waals surface area contributed by atoms with E-state index >= 15 is 0 Å². The lowest BCUT2D eigenvalue weighted by atomic mass is 9.92. The molecule has 12 N–H and O–H groups in total. The number of likely N-dealkylation sites (tertiary alicyclic amines) is 1. The average molecular weight is 1900 g/mol. The predicted octanol–water partition coefficient (Wildman–Crippen LogP) is 2.15. The van der Waals surface area contributed by atoms with Gasteiger partial charge in [0, 0.05) is 133 Å². The van der Waals surface area contributed by atoms with Crippen LogP contribution in [-0.4, -0.2) is 337 Å². The Kier molecular flexibility index (Phi) is 51.0. The van der Waals surface area contributed by atoms with E-state index in [1.165, 1.54) is 31.1 Å². The first-order chi connectivity index (χ1) is 61.5. The number of aryl methyl sites for hydroxylation is 1. The summed E-state index contributed by atoms with van der Waals surface area (Å²) >= 11 is 0. The number of aromatic nitrogens is 4. The number of β-amino-alcohol motifs (C(OH)–C–C–N with tert-alkyl or cyclic N) is 1. The molecule has 2 aromatic heterocycles. The van der Waals surface area contributed by atoms with Crippen molar-refractivity contribution in [2.24, 2.45) is 17.8 Å². The number of Topliss-reactive ketones (excluding diaryl/α,β-unsaturated/α-hetero) is 5. The van der Waals surface area contributed by atoms with Crippen LogP contribution >= 0.6 is 15.4 Å². The lowest BCUT2D eigenvalue weighted by Crippen LogP contribution is -2.59. The van der Waals surface area contributed by atoms with E-state index in [0.29, 0.717) is 120 Å². The van der Waals surface area contributed by atoms with Crippen LogP contribution in [0.25, 0.3) is 11.2 Å². The highest BCUT2D eigenvalue weighted by molar-refractivity contribution is 7.52. The molecular formula is C86H145N7O35P2-2. The number of aliphatic hydroxyl groups is 10. The summed E-state index contributed by atoms with van der Waals surface area (Å²) in [6, 6.07) is -1.17. The molecule has 0 radical (unpaired) electrons. The normalized spacial score (nSPS) is 27.9. The van der Waals surface area contributed by atoms with Crippen molar-refractivity contribution in [2.75, 3.05) is 106 Å². The number of aliphatic hydroxyl groups excluding tert-OH is 10. The summed E-state index contributed by atoms with van der Waals surface area (Å²) in [6.07, 6.45) is -7.65. The lowest BCUT2D eigenvalue weighted by Gasteiger charge is -2.40. The Morgan fingerprint density at radius 1 is 0.515 bits per heavy atom. The molecule has 7 rings (SSSR count). The van der Waals surface area contributed by atoms with Gasteiger partial charge in [-0.2, -0.15) is 0 Å². The van der Waals surface area contributed by atoms with Crippen LogP contribution in [0.15, 0.2) is 12.7 Å². The van der Waals surface area contributed by atoms with E-state index < -0.39 is 226 Å². The molecule has 5 saturated heterocycles. The Labute approximate surface area is 760 Å². The van der Waals surface area contributed by atoms with Gasteiger partial charge >= 0.3 is 0 Å². The van der Waals surface area contributed by atoms with Gasteiger partial charge in [-0.05, 0) is 90.4 Å². The van der Waals surface area contributed by atoms with Crippen molar-refractivity contribution < 1.29 is 169 Å². The highest BCUT2D eigenvalue weighted by Crippen LogP contribution is 2.49. The Morgan fingerprint density at radius 2 is 0.938 bits per heavy atom. The molecule has 130 heavy (non-hydrogen) atoms. The zero-order valence-corrected chi connectivity index (χ0v) is 77.0. The van der Waals surface area contributed by atoms with E-state index in [1.807, 2.05) is 0 Å². The number of amides is 3. The number of hydrogen-bond donors (Lipinski definition) is 12. The number of phosphoric ester groups is 1. The summed E-state index contributed by atoms with van der Waals surface area (Å²) in [4.78, 5) is 148. The summed E-state index contributed by atoms with van der Waals surface area (Å²) in [6.45, 7) is 5.10. The van der Waals surface area contributed by atoms with Gasteiger partial charge in [0.1, 0.15) is 109 Å². The SMILES string of the molecule is C.Cc1ncnc2c1ncn2[C@H]1C[C@H](OP(=O)([O-])OC[C@H]2C[C@H](O)CN2C(=O)CC(=O)NC(COCCC(=O)CCCCCC(=O)CCCCO[C@@H]2OC(CO)[C@H](O)[C@H](O)C2C)(COCCC(=O)CCCCCC(=O)CCCCO[C@@H]2OC(CO)[C@H](O)[C@H](O)C2C)COCCC(=O)NCCCCC(=O)CCCCO[C@@H]2OC(CO)[C@H](O)[C@H](O)C2C)[C@@H](COP(=O)([O-])C(C)C)O1. The number of carbonyl (C=O) groups is 8. The molecule has 5 aliphatic heterocycles. The number of hydrogen-bond acceptors (Lipinski definition) is 38. The molecule has 42 nitrogen and oxygen atoms in total. The van der Waals surface area contributed by atoms with Crippen molar-refractivity contribution in [2.45, 2.75) is 344 Å². The largest absolute Gasteiger partial charge is 0.778 e. The van der Waals surface area contributed by atoms with Gasteiger partial charge in [-0.1, -0.05) is 54.9 Å². The average Bonchev–Trinajstić information content (AvgIpc) is 1.67. The second-order valence-corrected chi connectivity index (χ2v) is 38.5. The molecule has 0 spiro atoms. The Hall–Kier alpha value is -5.23. The standard InChI is InChI=1S/C85H143N7O35P2.CH4/c1-53(2)128(111,112)121-47-69-65(40-73(123-69)92-52-89-74-57(6)87-51-88-81(74)92)127-129(113,114)122-46-58-39-64(101)42-91(58)72(104)41-71(103)90-85(48-115-36-29-62(99)23-11-7-9-21-59(96)26-14-18-33-118-82-54(3)75(105)78(108)66(43-93)124-82,49-116-37-30-63(100)24-12-8-10-22-60(97)27-15-19-34-119-83-55(4)76(106)79(109)67(44-94)125-83)50-117-38-31-70(102)86-32-17-13-25-61(98)28-16-20-35-120-84-56(5)77(107)80(110)68(45-95)126-84;/h51-56,58,64-69,73,75-80,82-84,93-95,101,105-110H,7-50H2,1-6H3,(H,86,102)(H,90,103)(H,111,112)(H,113,114);1H4/p-2/t54?,55?,56?,58-,64+,65+,66?,67?,68?,69-,73-,75-,76-,77-,78+,79+,80+,82-,83-,84-,85?;/m1./s1. The molecule has 0 saturated carbocycles. The molecule has 44 heteroatoms. The van der Waals surface area contributed by atoms with Crippen molar-refractivity contribution in [3.05, 3.63) is 18.3 Å². The summed E-state index contributed by atoms with van der Waals surface area (Å²) in [5, 5.41) is 107. The minimum absolute atomic E-state index is 0. The van der Waals surface area contributed by atoms with Gasteiger partial charge in [-0.25, -0.2) is 15.0 Å². The summed E-state index contributed by atoms with van der Waals surface area (Å²) in [7, 11) is -9.90. The lowest BCUT2D eigenvalue weighted by molar-refractivity contribution is -0.282. The quantitative estimate of drug-likeness (QED) is 0.0256. The maximum Gasteiger partial charge on any atom is 0.268 e. The fourth-order valence-corrected chi connectivity index (χ4v) is 17.3. The maximum absolute atomic E-state index is 14.6. The first kappa shape index (κ1) is 113. The van der Waals surface area contributed by atoms with Crippen LogP contribution in [0.5, 0.6) is 0 Å². The summed E-state index contributed by atoms with van der Waals surface area (Å²) in [5.74, 6) is -4.24. The van der Waals surface area contributed by atoms with E-state index in [-0.39, 0.29) is 160 Å². The molecule has 5 fully saturated rings. The third kappa shape index (κ3) is 37.7. The van der Waals surface area contributed by atoms with Crippen molar-refractivity contribution >= 4 is 73.2 Å². The number of nitrogens with one attached hydrogen (secondary N) is 2. The minimum Gasteiger partial charge on any atom is -0.778 e. The van der Waals surface area contributed by atoms with Crippen LogP contribution in [0.4, 0.5) is 0 Å². The van der Waals surface area contributed by atoms with E-state index in [0.717, 1.165) is 4.90 Å². The Morgan fingerprint density at radius 3 is 1.38 bits per heavy atom. The van der Waals surface area contributed by atoms with Gasteiger partial charge in [0.2, 0.25) is 17.7 Å². The van der Waals surface area contributed by atoms with Gasteiger partial charge in [-0.15, -0.1) is 0 Å². The maximum atomic E-state index is 14.6. The van der Waals surface area contributed by atoms with Gasteiger partial charge in [0.05, 0.1) is 121 Å². The number of phosphoric acid groups is 1. The molecule has 0 aromatic carbocycles. The molecule has 8 unspecified atom stereocenters. The number of imidazole rings is 1. The number of nitrogens with zero attached hydrogens (tertiary/aromatic N) is 5. The highest BCUT2D eigenvalue weighted by Gasteiger charge is 2.47. The zero-order valence-electron chi connectivity index (χ0n) is 75.2. The van der Waals surface area contributed by atoms with Gasteiger partial charge < -0.3 is 142 Å². The zero-order chi connectivity index (χ0) is 94.4. The molecule has 3 amide bonds. The molecule has 746 valence electrons. The van der Waals surface area contributed by atoms with Gasteiger partial charge in [0.15, 0.2) is 24.5 Å². The molecule has 0 aliphatic carbocycles. The molecule has 0 bridgehead atoms. The second kappa shape index (κ2) is 58.4. The number of carbonyl (C=O) groups excluding carboxylic acids is 8. The van der Waals surface area contributed by atoms with Crippen molar-refractivity contribution in [3.8, 4) is 0 Å². The van der Waals surface area contributed by atoms with E-state index in [2.05, 4.69) is 25.6 Å². The fourth-order valence-electron chi connectivity index (χ4n) is 15.7. The third-order valence-corrected chi connectivity index (χ3v) is 26.6. The van der Waals surface area contributed by atoms with Crippen LogP contribution in [0.3, 0.4) is 0 Å². The first-order valence-electron chi connectivity index (χ1n) is 45.5. The van der Waals surface area contributed by atoms with Crippen molar-refractivity contribution in [1.29, 1.82) is 0 Å². The van der Waals surface area contributed by atoms with Crippen LogP contribution in [-0.2, 0) is 108 Å². The number of unbranched alkanes of at least 4 members (excludes halogenated alkanes) is 8. The van der Waals surface area contributed by atoms with Crippen LogP contribution in [0, 0.1) is 24.7 Å². The van der Waals surface area contributed by atoms with Crippen molar-refractivity contribution in [1.82, 2.24) is 35.1 Å². The van der Waals surface area contributed by atoms with Crippen LogP contribution < -0.4 is 20.4 Å². The monoisotopic (exact) mass is 1900 g/mol. The second-order valence-electron chi connectivity index (χ2n) is 34.8. The topological polar surface area (TPSA) is 610 Å². The predicted molar refractivity (Wildman–Crippen MR) is 459 cm³/mol. The van der Waals surface area contributed by atoms with E-state index in [4.69, 9.17) is 60.9 Å². The molecule has 5 aliphatic rings. The number of rotatable bonds is 66. The van der Waals surface area contributed by atoms with Crippen LogP contribution in [0.1, 0.15) is 234 Å². The van der Waals surface area contributed by atoms with Crippen molar-refractivity contribution in [3.63, 3.8) is 0 Å². The molecule has 22 atom stereocenters. The summed E-state index contributed by atoms with van der Waals surface area (Å²) < 4.78 is 103. The molecule has 7 heterocycles. The third-order valence-electron chi connectivity index (χ3n) is 23.8. The molecular weight excluding hydrogens is 1750 g/mol. The molecule has 2 aromatic rings. The van der Waals surface area contributed by atoms with Gasteiger partial charge in [-0.3, -0.25) is 47.5 Å². The minimum atomic E-state index is -5.42. The Balaban J connectivity index is 0.0000260. The number of ketones is 5. The number of fused-ring (bicyclic) bond motifs is 1. The van der Waals surface area contributed by atoms with E-state index in [9.17, 15) is 108 Å². The smallest absolute Gasteiger partial charge is 0.268 e.